The molecule has 0 bridgehead atoms. The second-order valence-corrected chi connectivity index (χ2v) is 7.46. The summed E-state index contributed by atoms with van der Waals surface area (Å²) in [6.45, 7) is 0.372. The molecule has 2 amide bonds. The predicted molar refractivity (Wildman–Crippen MR) is 101 cm³/mol. The smallest absolute Gasteiger partial charge is 0.354 e. The van der Waals surface area contributed by atoms with Crippen LogP contribution in [0.25, 0.3) is 0 Å². The van der Waals surface area contributed by atoms with Crippen LogP contribution in [0.5, 0.6) is 0 Å². The fourth-order valence-corrected chi connectivity index (χ4v) is 3.68. The third kappa shape index (κ3) is 4.97. The summed E-state index contributed by atoms with van der Waals surface area (Å²) >= 11 is 0. The van der Waals surface area contributed by atoms with Crippen molar-refractivity contribution in [2.45, 2.75) is 43.9 Å². The lowest BCUT2D eigenvalue weighted by atomic mass is 9.83. The van der Waals surface area contributed by atoms with E-state index in [4.69, 9.17) is 5.73 Å². The van der Waals surface area contributed by atoms with Gasteiger partial charge in [-0.3, -0.25) is 9.59 Å². The van der Waals surface area contributed by atoms with Crippen molar-refractivity contribution in [1.82, 2.24) is 10.2 Å². The molecule has 28 heavy (non-hydrogen) atoms. The predicted octanol–water partition coefficient (Wildman–Crippen LogP) is 2.89. The van der Waals surface area contributed by atoms with Crippen molar-refractivity contribution >= 4 is 24.2 Å². The third-order valence-electron chi connectivity index (χ3n) is 5.52. The Hall–Kier alpha value is -1.80. The van der Waals surface area contributed by atoms with E-state index in [2.05, 4.69) is 5.32 Å². The number of nitrogens with zero attached hydrogens (tertiary/aromatic N) is 1. The van der Waals surface area contributed by atoms with E-state index < -0.39 is 23.7 Å². The van der Waals surface area contributed by atoms with Crippen LogP contribution < -0.4 is 11.1 Å². The number of halogens is 4. The van der Waals surface area contributed by atoms with Crippen LogP contribution >= 0.6 is 12.4 Å². The normalized spacial score (nSPS) is 23.8. The lowest BCUT2D eigenvalue weighted by Gasteiger charge is -2.38. The highest BCUT2D eigenvalue weighted by Crippen LogP contribution is 2.37. The summed E-state index contributed by atoms with van der Waals surface area (Å²) in [5.74, 6) is -0.406. The zero-order valence-corrected chi connectivity index (χ0v) is 16.4. The van der Waals surface area contributed by atoms with E-state index in [1.165, 1.54) is 17.0 Å². The van der Waals surface area contributed by atoms with Gasteiger partial charge in [-0.05, 0) is 42.9 Å². The molecule has 5 nitrogen and oxygen atoms in total. The summed E-state index contributed by atoms with van der Waals surface area (Å²) in [7, 11) is 1.58. The van der Waals surface area contributed by atoms with Crippen LogP contribution in [0.15, 0.2) is 24.3 Å². The van der Waals surface area contributed by atoms with Gasteiger partial charge in [0.05, 0.1) is 17.5 Å². The number of rotatable bonds is 5. The molecule has 1 aromatic carbocycles. The molecule has 0 radical (unpaired) electrons. The summed E-state index contributed by atoms with van der Waals surface area (Å²) in [4.78, 5) is 26.3. The molecule has 1 aromatic rings. The van der Waals surface area contributed by atoms with Crippen LogP contribution in [0.4, 0.5) is 13.2 Å². The van der Waals surface area contributed by atoms with Crippen LogP contribution in [0, 0.1) is 11.8 Å². The number of likely N-dealkylation sites (tertiary alicyclic amines) is 1. The quantitative estimate of drug-likeness (QED) is 0.770. The van der Waals surface area contributed by atoms with Crippen molar-refractivity contribution in [3.05, 3.63) is 35.4 Å². The van der Waals surface area contributed by atoms with Crippen LogP contribution in [-0.4, -0.2) is 36.3 Å². The summed E-state index contributed by atoms with van der Waals surface area (Å²) in [5.41, 5.74) is 5.79. The maximum Gasteiger partial charge on any atom is 0.416 e. The van der Waals surface area contributed by atoms with Gasteiger partial charge in [0, 0.05) is 26.1 Å². The van der Waals surface area contributed by atoms with Gasteiger partial charge in [-0.25, -0.2) is 0 Å². The number of hydrogen-bond donors (Lipinski definition) is 2. The van der Waals surface area contributed by atoms with E-state index in [-0.39, 0.29) is 36.7 Å². The fourth-order valence-electron chi connectivity index (χ4n) is 3.68. The lowest BCUT2D eigenvalue weighted by Crippen LogP contribution is -2.48. The zero-order chi connectivity index (χ0) is 19.8. The molecule has 1 saturated heterocycles. The molecule has 1 aliphatic carbocycles. The van der Waals surface area contributed by atoms with E-state index >= 15 is 0 Å². The number of piperidine rings is 1. The number of carbonyl (C=O) groups excluding carboxylic acids is 2. The van der Waals surface area contributed by atoms with Gasteiger partial charge >= 0.3 is 6.18 Å². The maximum absolute atomic E-state index is 12.8. The largest absolute Gasteiger partial charge is 0.416 e. The molecule has 2 fully saturated rings. The average molecular weight is 420 g/mol. The minimum absolute atomic E-state index is 0. The molecule has 3 rings (SSSR count). The molecule has 1 saturated carbocycles. The van der Waals surface area contributed by atoms with E-state index in [9.17, 15) is 22.8 Å². The van der Waals surface area contributed by atoms with Crippen LogP contribution in [0.3, 0.4) is 0 Å². The zero-order valence-electron chi connectivity index (χ0n) is 15.5. The Balaban J connectivity index is 0.00000280. The highest BCUT2D eigenvalue weighted by atomic mass is 35.5. The van der Waals surface area contributed by atoms with Gasteiger partial charge in [0.15, 0.2) is 0 Å². The number of alkyl halides is 3. The molecule has 1 heterocycles. The third-order valence-corrected chi connectivity index (χ3v) is 5.52. The maximum atomic E-state index is 12.8. The first-order valence-electron chi connectivity index (χ1n) is 9.14. The highest BCUT2D eigenvalue weighted by Gasteiger charge is 2.40. The van der Waals surface area contributed by atoms with Crippen molar-refractivity contribution < 1.29 is 22.8 Å². The standard InChI is InChI=1S/C19H24F3N3O2.ClH/c1-25-16(26)9-8-14(18(27)24-10-15(23)11-2-3-11)17(25)12-4-6-13(7-5-12)19(20,21)22;/h4-7,11,14-15,17H,2-3,8-10,23H2,1H3,(H,24,27);1H. The Bertz CT molecular complexity index is 707. The fraction of sp³-hybridized carbons (Fsp3) is 0.579. The summed E-state index contributed by atoms with van der Waals surface area (Å²) in [5, 5.41) is 2.86. The van der Waals surface area contributed by atoms with Gasteiger partial charge in [0.2, 0.25) is 11.8 Å². The number of benzene rings is 1. The highest BCUT2D eigenvalue weighted by molar-refractivity contribution is 5.85. The second-order valence-electron chi connectivity index (χ2n) is 7.46. The summed E-state index contributed by atoms with van der Waals surface area (Å²) < 4.78 is 38.4. The lowest BCUT2D eigenvalue weighted by molar-refractivity contribution is -0.142. The monoisotopic (exact) mass is 419 g/mol. The number of hydrogen-bond acceptors (Lipinski definition) is 3. The number of amides is 2. The van der Waals surface area contributed by atoms with Crippen LogP contribution in [0.1, 0.15) is 42.9 Å². The molecule has 1 aliphatic heterocycles. The molecule has 0 spiro atoms. The minimum Gasteiger partial charge on any atom is -0.354 e. The molecular formula is C19H25ClF3N3O2. The number of carbonyl (C=O) groups is 2. The van der Waals surface area contributed by atoms with Crippen LogP contribution in [0.2, 0.25) is 0 Å². The van der Waals surface area contributed by atoms with Crippen molar-refractivity contribution in [3.63, 3.8) is 0 Å². The summed E-state index contributed by atoms with van der Waals surface area (Å²) in [6.07, 6.45) is -1.68. The van der Waals surface area contributed by atoms with Crippen molar-refractivity contribution in [2.24, 2.45) is 17.6 Å². The van der Waals surface area contributed by atoms with Crippen molar-refractivity contribution in [2.75, 3.05) is 13.6 Å². The van der Waals surface area contributed by atoms with Crippen molar-refractivity contribution in [3.8, 4) is 0 Å². The van der Waals surface area contributed by atoms with Gasteiger partial charge in [-0.1, -0.05) is 12.1 Å². The minimum atomic E-state index is -4.43. The first-order valence-corrected chi connectivity index (χ1v) is 9.14. The van der Waals surface area contributed by atoms with E-state index in [0.29, 0.717) is 24.4 Å². The summed E-state index contributed by atoms with van der Waals surface area (Å²) in [6, 6.07) is 3.99. The number of nitrogens with two attached hydrogens (primary N) is 1. The van der Waals surface area contributed by atoms with Crippen molar-refractivity contribution in [1.29, 1.82) is 0 Å². The molecule has 0 aromatic heterocycles. The Morgan fingerprint density at radius 1 is 1.25 bits per heavy atom. The van der Waals surface area contributed by atoms with Gasteiger partial charge in [-0.15, -0.1) is 12.4 Å². The van der Waals surface area contributed by atoms with E-state index in [1.54, 1.807) is 7.05 Å². The Kier molecular flexibility index (Phi) is 6.98. The van der Waals surface area contributed by atoms with Crippen LogP contribution in [-0.2, 0) is 15.8 Å². The van der Waals surface area contributed by atoms with Gasteiger partial charge in [-0.2, -0.15) is 13.2 Å². The molecule has 156 valence electrons. The SMILES string of the molecule is CN1C(=O)CCC(C(=O)NCC(N)C2CC2)C1c1ccc(C(F)(F)F)cc1.Cl. The van der Waals surface area contributed by atoms with Gasteiger partial charge < -0.3 is 16.0 Å². The molecule has 3 atom stereocenters. The molecule has 9 heteroatoms. The average Bonchev–Trinajstić information content (AvgIpc) is 3.46. The van der Waals surface area contributed by atoms with E-state index in [1.807, 2.05) is 0 Å². The topological polar surface area (TPSA) is 75.4 Å². The molecule has 3 N–H and O–H groups in total. The Morgan fingerprint density at radius 3 is 2.39 bits per heavy atom. The second kappa shape index (κ2) is 8.69. The van der Waals surface area contributed by atoms with E-state index in [0.717, 1.165) is 25.0 Å². The first-order chi connectivity index (χ1) is 12.7. The molecule has 3 unspecified atom stereocenters. The Morgan fingerprint density at radius 2 is 1.86 bits per heavy atom. The Labute approximate surface area is 168 Å². The first kappa shape index (κ1) is 22.5. The van der Waals surface area contributed by atoms with Gasteiger partial charge in [0.25, 0.3) is 0 Å². The molecule has 2 aliphatic rings. The van der Waals surface area contributed by atoms with Gasteiger partial charge in [0.1, 0.15) is 0 Å². The number of nitrogens with one attached hydrogen (secondary N) is 1. The molecular weight excluding hydrogens is 395 g/mol.